The van der Waals surface area contributed by atoms with Gasteiger partial charge in [0.05, 0.1) is 41.4 Å². The van der Waals surface area contributed by atoms with Gasteiger partial charge in [-0.15, -0.1) is 11.3 Å². The Balaban J connectivity index is 1.43. The molecule has 0 amide bonds. The number of rotatable bonds is 6. The van der Waals surface area contributed by atoms with E-state index in [-0.39, 0.29) is 6.61 Å². The summed E-state index contributed by atoms with van der Waals surface area (Å²) in [5.41, 5.74) is 6.38. The van der Waals surface area contributed by atoms with E-state index in [0.717, 1.165) is 53.1 Å². The second kappa shape index (κ2) is 8.24. The highest BCUT2D eigenvalue weighted by Gasteiger charge is 2.21. The Bertz CT molecular complexity index is 1220. The van der Waals surface area contributed by atoms with Crippen LogP contribution in [0.4, 0.5) is 10.9 Å². The van der Waals surface area contributed by atoms with Crippen LogP contribution in [-0.2, 0) is 26.0 Å². The van der Waals surface area contributed by atoms with Crippen LogP contribution in [0.15, 0.2) is 30.0 Å². The van der Waals surface area contributed by atoms with Gasteiger partial charge in [-0.05, 0) is 51.7 Å². The standard InChI is InChI=1S/C22H25N7OS/c1-3-29-21(15-6-4-5-7-16(15)27-29)26-22-25-19(12-31-22)17-8-9-20(18(11-30)24-17)28-10-14(2)23-13-28/h8-10,12-13,30H,3-7,11H2,1-2H3,(H,25,26). The van der Waals surface area contributed by atoms with E-state index in [0.29, 0.717) is 5.69 Å². The average Bonchev–Trinajstić information content (AvgIpc) is 3.52. The number of aliphatic hydroxyl groups excluding tert-OH is 1. The summed E-state index contributed by atoms with van der Waals surface area (Å²) in [6.45, 7) is 4.71. The Morgan fingerprint density at radius 1 is 1.16 bits per heavy atom. The largest absolute Gasteiger partial charge is 0.390 e. The van der Waals surface area contributed by atoms with Crippen LogP contribution in [0.5, 0.6) is 0 Å². The third-order valence-electron chi connectivity index (χ3n) is 5.61. The molecule has 0 spiro atoms. The van der Waals surface area contributed by atoms with Gasteiger partial charge in [0.15, 0.2) is 5.13 Å². The molecule has 5 rings (SSSR count). The van der Waals surface area contributed by atoms with Crippen molar-refractivity contribution in [3.8, 4) is 17.1 Å². The maximum Gasteiger partial charge on any atom is 0.188 e. The normalized spacial score (nSPS) is 13.4. The second-order valence-corrected chi connectivity index (χ2v) is 8.56. The molecular weight excluding hydrogens is 410 g/mol. The van der Waals surface area contributed by atoms with Crippen LogP contribution in [0.3, 0.4) is 0 Å². The highest BCUT2D eigenvalue weighted by molar-refractivity contribution is 7.14. The summed E-state index contributed by atoms with van der Waals surface area (Å²) in [6.07, 6.45) is 8.17. The van der Waals surface area contributed by atoms with Crippen LogP contribution < -0.4 is 5.32 Å². The van der Waals surface area contributed by atoms with Gasteiger partial charge in [0, 0.05) is 23.7 Å². The number of imidazole rings is 1. The maximum absolute atomic E-state index is 9.87. The van der Waals surface area contributed by atoms with Crippen molar-refractivity contribution in [2.75, 3.05) is 5.32 Å². The molecule has 1 aliphatic rings. The van der Waals surface area contributed by atoms with Gasteiger partial charge in [0.1, 0.15) is 11.5 Å². The first-order valence-electron chi connectivity index (χ1n) is 10.6. The maximum atomic E-state index is 9.87. The highest BCUT2D eigenvalue weighted by atomic mass is 32.1. The van der Waals surface area contributed by atoms with E-state index in [1.54, 1.807) is 17.7 Å². The van der Waals surface area contributed by atoms with Crippen LogP contribution in [0.1, 0.15) is 42.4 Å². The van der Waals surface area contributed by atoms with Crippen LogP contribution in [-0.4, -0.2) is 34.4 Å². The Morgan fingerprint density at radius 2 is 2.03 bits per heavy atom. The van der Waals surface area contributed by atoms with Crippen molar-refractivity contribution >= 4 is 22.3 Å². The Kier molecular flexibility index (Phi) is 5.29. The zero-order valence-electron chi connectivity index (χ0n) is 17.7. The number of fused-ring (bicyclic) bond motifs is 1. The van der Waals surface area contributed by atoms with E-state index in [4.69, 9.17) is 10.1 Å². The van der Waals surface area contributed by atoms with Gasteiger partial charge in [0.25, 0.3) is 0 Å². The van der Waals surface area contributed by atoms with Crippen molar-refractivity contribution < 1.29 is 5.11 Å². The molecule has 0 fully saturated rings. The number of hydrogen-bond acceptors (Lipinski definition) is 7. The fraction of sp³-hybridized carbons (Fsp3) is 0.364. The highest BCUT2D eigenvalue weighted by Crippen LogP contribution is 2.32. The Morgan fingerprint density at radius 3 is 2.81 bits per heavy atom. The lowest BCUT2D eigenvalue weighted by Crippen LogP contribution is -2.05. The number of anilines is 2. The fourth-order valence-electron chi connectivity index (χ4n) is 4.07. The number of aliphatic hydroxyl groups is 1. The van der Waals surface area contributed by atoms with Gasteiger partial charge in [-0.1, -0.05) is 0 Å². The van der Waals surface area contributed by atoms with Crippen LogP contribution in [0.2, 0.25) is 0 Å². The number of pyridine rings is 1. The van der Waals surface area contributed by atoms with E-state index in [1.807, 2.05) is 39.9 Å². The predicted octanol–water partition coefficient (Wildman–Crippen LogP) is 4.03. The smallest absolute Gasteiger partial charge is 0.188 e. The first kappa shape index (κ1) is 19.9. The Labute approximate surface area is 184 Å². The fourth-order valence-corrected chi connectivity index (χ4v) is 4.77. The molecule has 4 heterocycles. The van der Waals surface area contributed by atoms with Crippen LogP contribution in [0, 0.1) is 6.92 Å². The topological polar surface area (TPSA) is 93.7 Å². The molecule has 0 aromatic carbocycles. The molecule has 0 saturated carbocycles. The quantitative estimate of drug-likeness (QED) is 0.475. The molecule has 160 valence electrons. The molecule has 0 atom stereocenters. The number of aryl methyl sites for hydroxylation is 3. The molecular formula is C22H25N7OS. The van der Waals surface area contributed by atoms with Gasteiger partial charge >= 0.3 is 0 Å². The summed E-state index contributed by atoms with van der Waals surface area (Å²) in [4.78, 5) is 13.7. The third kappa shape index (κ3) is 3.75. The van der Waals surface area contributed by atoms with Crippen molar-refractivity contribution in [1.82, 2.24) is 29.3 Å². The first-order chi connectivity index (χ1) is 15.2. The lowest BCUT2D eigenvalue weighted by molar-refractivity contribution is 0.276. The van der Waals surface area contributed by atoms with Gasteiger partial charge < -0.3 is 15.0 Å². The summed E-state index contributed by atoms with van der Waals surface area (Å²) in [7, 11) is 0. The molecule has 2 N–H and O–H groups in total. The molecule has 31 heavy (non-hydrogen) atoms. The number of nitrogens with zero attached hydrogens (tertiary/aromatic N) is 6. The monoisotopic (exact) mass is 435 g/mol. The molecule has 0 saturated heterocycles. The minimum Gasteiger partial charge on any atom is -0.390 e. The summed E-state index contributed by atoms with van der Waals surface area (Å²) < 4.78 is 3.92. The van der Waals surface area contributed by atoms with Crippen molar-refractivity contribution in [3.63, 3.8) is 0 Å². The zero-order chi connectivity index (χ0) is 21.4. The van der Waals surface area contributed by atoms with Crippen molar-refractivity contribution in [3.05, 3.63) is 52.7 Å². The zero-order valence-corrected chi connectivity index (χ0v) is 18.5. The van der Waals surface area contributed by atoms with Crippen molar-refractivity contribution in [2.45, 2.75) is 52.7 Å². The lowest BCUT2D eigenvalue weighted by atomic mass is 9.97. The van der Waals surface area contributed by atoms with Crippen LogP contribution >= 0.6 is 11.3 Å². The molecule has 9 heteroatoms. The lowest BCUT2D eigenvalue weighted by Gasteiger charge is -2.12. The van der Waals surface area contributed by atoms with E-state index in [2.05, 4.69) is 22.2 Å². The van der Waals surface area contributed by atoms with Gasteiger partial charge in [0.2, 0.25) is 0 Å². The predicted molar refractivity (Wildman–Crippen MR) is 121 cm³/mol. The molecule has 4 aromatic rings. The molecule has 0 aliphatic heterocycles. The molecule has 1 aliphatic carbocycles. The van der Waals surface area contributed by atoms with Crippen LogP contribution in [0.25, 0.3) is 17.1 Å². The van der Waals surface area contributed by atoms with Gasteiger partial charge in [-0.25, -0.2) is 19.6 Å². The minimum absolute atomic E-state index is 0.155. The summed E-state index contributed by atoms with van der Waals surface area (Å²) in [5, 5.41) is 21.0. The first-order valence-corrected chi connectivity index (χ1v) is 11.5. The number of nitrogens with one attached hydrogen (secondary N) is 1. The van der Waals surface area contributed by atoms with Gasteiger partial charge in [-0.2, -0.15) is 5.10 Å². The Hall–Kier alpha value is -3.04. The summed E-state index contributed by atoms with van der Waals surface area (Å²) in [5.74, 6) is 1.06. The average molecular weight is 436 g/mol. The summed E-state index contributed by atoms with van der Waals surface area (Å²) in [6, 6.07) is 3.88. The SMILES string of the molecule is CCn1nc2c(c1Nc1nc(-c3ccc(-n4cnc(C)c4)c(CO)n3)cs1)CCCC2. The van der Waals surface area contributed by atoms with E-state index < -0.39 is 0 Å². The third-order valence-corrected chi connectivity index (χ3v) is 6.36. The number of thiazole rings is 1. The minimum atomic E-state index is -0.155. The number of aromatic nitrogens is 6. The van der Waals surface area contributed by atoms with E-state index >= 15 is 0 Å². The summed E-state index contributed by atoms with van der Waals surface area (Å²) >= 11 is 1.55. The second-order valence-electron chi connectivity index (χ2n) is 7.70. The van der Waals surface area contributed by atoms with Gasteiger partial charge in [-0.3, -0.25) is 0 Å². The van der Waals surface area contributed by atoms with Crippen molar-refractivity contribution in [2.24, 2.45) is 0 Å². The molecule has 0 unspecified atom stereocenters. The number of hydrogen-bond donors (Lipinski definition) is 2. The van der Waals surface area contributed by atoms with E-state index in [1.165, 1.54) is 24.1 Å². The van der Waals surface area contributed by atoms with Crippen molar-refractivity contribution in [1.29, 1.82) is 0 Å². The molecule has 0 bridgehead atoms. The van der Waals surface area contributed by atoms with E-state index in [9.17, 15) is 5.11 Å². The molecule has 0 radical (unpaired) electrons. The molecule has 8 nitrogen and oxygen atoms in total. The molecule has 4 aromatic heterocycles.